The number of nitrogens with two attached hydrogens (primary N) is 1. The molecule has 1 saturated heterocycles. The Balaban J connectivity index is 2.28. The van der Waals surface area contributed by atoms with Gasteiger partial charge in [-0.05, 0) is 40.9 Å². The quantitative estimate of drug-likeness (QED) is 0.874. The summed E-state index contributed by atoms with van der Waals surface area (Å²) in [4.78, 5) is 13.0. The van der Waals surface area contributed by atoms with Crippen LogP contribution in [0.25, 0.3) is 0 Å². The van der Waals surface area contributed by atoms with E-state index in [0.29, 0.717) is 18.5 Å². The molecule has 1 aromatic carbocycles. The molecule has 0 radical (unpaired) electrons. The molecule has 1 fully saturated rings. The van der Waals surface area contributed by atoms with Gasteiger partial charge in [0.1, 0.15) is 6.07 Å². The molecule has 6 heteroatoms. The van der Waals surface area contributed by atoms with Gasteiger partial charge >= 0.3 is 0 Å². The van der Waals surface area contributed by atoms with Gasteiger partial charge < -0.3 is 15.7 Å². The number of anilines is 1. The van der Waals surface area contributed by atoms with E-state index in [1.54, 1.807) is 0 Å². The summed E-state index contributed by atoms with van der Waals surface area (Å²) in [6.45, 7) is 1.05. The van der Waals surface area contributed by atoms with E-state index in [1.807, 2.05) is 23.1 Å². The normalized spacial score (nSPS) is 22.4. The van der Waals surface area contributed by atoms with Gasteiger partial charge in [0.25, 0.3) is 0 Å². The summed E-state index contributed by atoms with van der Waals surface area (Å²) in [6.07, 6.45) is 1.24. The van der Waals surface area contributed by atoms with Crippen LogP contribution in [0.1, 0.15) is 24.8 Å². The van der Waals surface area contributed by atoms with Crippen LogP contribution in [0.5, 0.6) is 0 Å². The fourth-order valence-corrected chi connectivity index (χ4v) is 3.12. The molecule has 106 valence electrons. The molecule has 0 spiro atoms. The number of nitrogens with zero attached hydrogens (tertiary/aromatic N) is 2. The first-order valence-corrected chi connectivity index (χ1v) is 7.19. The van der Waals surface area contributed by atoms with Crippen molar-refractivity contribution in [2.45, 2.75) is 24.9 Å². The van der Waals surface area contributed by atoms with Gasteiger partial charge in [0.2, 0.25) is 5.91 Å². The maximum absolute atomic E-state index is 11.1. The van der Waals surface area contributed by atoms with E-state index in [2.05, 4.69) is 22.0 Å². The zero-order valence-electron chi connectivity index (χ0n) is 11.0. The van der Waals surface area contributed by atoms with Crippen LogP contribution in [0.3, 0.4) is 0 Å². The highest BCUT2D eigenvalue weighted by Gasteiger charge is 2.35. The third-order valence-electron chi connectivity index (χ3n) is 3.50. The van der Waals surface area contributed by atoms with Crippen LogP contribution < -0.4 is 10.6 Å². The second kappa shape index (κ2) is 5.81. The van der Waals surface area contributed by atoms with Gasteiger partial charge in [0, 0.05) is 17.6 Å². The Kier molecular flexibility index (Phi) is 4.31. The first-order valence-electron chi connectivity index (χ1n) is 6.39. The lowest BCUT2D eigenvalue weighted by Gasteiger charge is -2.40. The average Bonchev–Trinajstić information content (AvgIpc) is 2.37. The smallest absolute Gasteiger partial charge is 0.220 e. The van der Waals surface area contributed by atoms with E-state index in [0.717, 1.165) is 23.1 Å². The molecule has 0 aliphatic carbocycles. The summed E-state index contributed by atoms with van der Waals surface area (Å²) in [6, 6.07) is 7.67. The topological polar surface area (TPSA) is 90.3 Å². The number of nitriles is 1. The lowest BCUT2D eigenvalue weighted by atomic mass is 9.89. The van der Waals surface area contributed by atoms with E-state index in [-0.39, 0.29) is 6.42 Å². The number of β-amino-alcohol motifs (C(OH)–C–C–N with tert-alkyl or cyclic N) is 1. The molecule has 1 atom stereocenters. The number of halogens is 1. The fraction of sp³-hybridized carbons (Fsp3) is 0.429. The third-order valence-corrected chi connectivity index (χ3v) is 4.16. The Labute approximate surface area is 126 Å². The van der Waals surface area contributed by atoms with Gasteiger partial charge in [0.05, 0.1) is 23.3 Å². The number of primary amides is 1. The van der Waals surface area contributed by atoms with Crippen LogP contribution >= 0.6 is 15.9 Å². The minimum absolute atomic E-state index is 0.0562. The van der Waals surface area contributed by atoms with Gasteiger partial charge in [-0.1, -0.05) is 6.07 Å². The summed E-state index contributed by atoms with van der Waals surface area (Å²) in [5, 5.41) is 19.7. The van der Waals surface area contributed by atoms with Crippen LogP contribution in [0, 0.1) is 11.3 Å². The molecule has 0 aromatic heterocycles. The van der Waals surface area contributed by atoms with Crippen LogP contribution in [0.4, 0.5) is 5.69 Å². The maximum Gasteiger partial charge on any atom is 0.220 e. The summed E-state index contributed by atoms with van der Waals surface area (Å²) >= 11 is 3.36. The zero-order valence-corrected chi connectivity index (χ0v) is 12.6. The lowest BCUT2D eigenvalue weighted by molar-refractivity contribution is -0.123. The predicted molar refractivity (Wildman–Crippen MR) is 79.1 cm³/mol. The summed E-state index contributed by atoms with van der Waals surface area (Å²) in [5.41, 5.74) is 5.39. The molecule has 0 saturated carbocycles. The van der Waals surface area contributed by atoms with Crippen molar-refractivity contribution in [2.24, 2.45) is 5.73 Å². The standard InChI is InChI=1S/C14H16BrN3O2/c15-11-3-1-4-12(10(11)8-16)18-6-2-5-14(20,9-18)7-13(17)19/h1,3-4,20H,2,5-7,9H2,(H2,17,19). The number of piperidine rings is 1. The number of hydrogen-bond donors (Lipinski definition) is 2. The van der Waals surface area contributed by atoms with Crippen molar-refractivity contribution in [1.82, 2.24) is 0 Å². The summed E-state index contributed by atoms with van der Waals surface area (Å²) in [7, 11) is 0. The first kappa shape index (κ1) is 14.8. The van der Waals surface area contributed by atoms with Crippen molar-refractivity contribution in [2.75, 3.05) is 18.0 Å². The molecule has 5 nitrogen and oxygen atoms in total. The number of aliphatic hydroxyl groups is 1. The zero-order chi connectivity index (χ0) is 14.8. The number of carbonyl (C=O) groups is 1. The highest BCUT2D eigenvalue weighted by molar-refractivity contribution is 9.10. The van der Waals surface area contributed by atoms with Crippen molar-refractivity contribution < 1.29 is 9.90 Å². The van der Waals surface area contributed by atoms with Crippen LogP contribution in [0.2, 0.25) is 0 Å². The molecule has 1 aliphatic heterocycles. The first-order chi connectivity index (χ1) is 9.45. The minimum atomic E-state index is -1.11. The molecule has 1 aliphatic rings. The monoisotopic (exact) mass is 337 g/mol. The third kappa shape index (κ3) is 3.11. The Morgan fingerprint density at radius 2 is 2.35 bits per heavy atom. The van der Waals surface area contributed by atoms with E-state index in [9.17, 15) is 15.2 Å². The molecule has 3 N–H and O–H groups in total. The second-order valence-electron chi connectivity index (χ2n) is 5.14. The molecule has 1 heterocycles. The van der Waals surface area contributed by atoms with Crippen LogP contribution in [-0.2, 0) is 4.79 Å². The van der Waals surface area contributed by atoms with E-state index in [4.69, 9.17) is 5.73 Å². The molecule has 0 bridgehead atoms. The molecule has 1 amide bonds. The van der Waals surface area contributed by atoms with Crippen LogP contribution in [0.15, 0.2) is 22.7 Å². The largest absolute Gasteiger partial charge is 0.388 e. The fourth-order valence-electron chi connectivity index (χ4n) is 2.67. The van der Waals surface area contributed by atoms with Crippen molar-refractivity contribution >= 4 is 27.5 Å². The highest BCUT2D eigenvalue weighted by Crippen LogP contribution is 2.32. The Morgan fingerprint density at radius 3 is 3.00 bits per heavy atom. The van der Waals surface area contributed by atoms with Crippen molar-refractivity contribution in [3.8, 4) is 6.07 Å². The van der Waals surface area contributed by atoms with E-state index >= 15 is 0 Å². The number of rotatable bonds is 3. The second-order valence-corrected chi connectivity index (χ2v) is 5.99. The number of amides is 1. The van der Waals surface area contributed by atoms with Crippen molar-refractivity contribution in [3.63, 3.8) is 0 Å². The molecular formula is C14H16BrN3O2. The summed E-state index contributed by atoms with van der Waals surface area (Å²) in [5.74, 6) is -0.510. The lowest BCUT2D eigenvalue weighted by Crippen LogP contribution is -2.50. The summed E-state index contributed by atoms with van der Waals surface area (Å²) < 4.78 is 0.724. The Morgan fingerprint density at radius 1 is 1.60 bits per heavy atom. The molecule has 20 heavy (non-hydrogen) atoms. The minimum Gasteiger partial charge on any atom is -0.388 e. The Hall–Kier alpha value is -1.58. The average molecular weight is 338 g/mol. The van der Waals surface area contributed by atoms with Gasteiger partial charge in [0.15, 0.2) is 0 Å². The highest BCUT2D eigenvalue weighted by atomic mass is 79.9. The SMILES string of the molecule is N#Cc1c(Br)cccc1N1CCCC(O)(CC(N)=O)C1. The molecule has 1 unspecified atom stereocenters. The van der Waals surface area contributed by atoms with Gasteiger partial charge in [-0.2, -0.15) is 5.26 Å². The number of carbonyl (C=O) groups excluding carboxylic acids is 1. The number of hydrogen-bond acceptors (Lipinski definition) is 4. The molecule has 1 aromatic rings. The van der Waals surface area contributed by atoms with Gasteiger partial charge in [-0.25, -0.2) is 0 Å². The van der Waals surface area contributed by atoms with E-state index in [1.165, 1.54) is 0 Å². The maximum atomic E-state index is 11.1. The number of benzene rings is 1. The Bertz CT molecular complexity index is 570. The molecular weight excluding hydrogens is 322 g/mol. The van der Waals surface area contributed by atoms with E-state index < -0.39 is 11.5 Å². The van der Waals surface area contributed by atoms with Crippen molar-refractivity contribution in [3.05, 3.63) is 28.2 Å². The van der Waals surface area contributed by atoms with Crippen LogP contribution in [-0.4, -0.2) is 29.7 Å². The van der Waals surface area contributed by atoms with Crippen molar-refractivity contribution in [1.29, 1.82) is 5.26 Å². The van der Waals surface area contributed by atoms with Gasteiger partial charge in [-0.15, -0.1) is 0 Å². The van der Waals surface area contributed by atoms with Gasteiger partial charge in [-0.3, -0.25) is 4.79 Å². The predicted octanol–water partition coefficient (Wildman–Crippen LogP) is 1.53. The molecule has 2 rings (SSSR count).